The zero-order valence-corrected chi connectivity index (χ0v) is 12.0. The Kier molecular flexibility index (Phi) is 4.47. The van der Waals surface area contributed by atoms with Crippen LogP contribution in [0.5, 0.6) is 11.5 Å². The molecule has 0 saturated heterocycles. The summed E-state index contributed by atoms with van der Waals surface area (Å²) >= 11 is 1.22. The van der Waals surface area contributed by atoms with Crippen LogP contribution in [0, 0.1) is 0 Å². The van der Waals surface area contributed by atoms with E-state index in [1.54, 1.807) is 25.7 Å². The number of aromatic carboxylic acids is 1. The van der Waals surface area contributed by atoms with E-state index in [9.17, 15) is 4.79 Å². The molecule has 0 saturated carbocycles. The van der Waals surface area contributed by atoms with Gasteiger partial charge in [-0.25, -0.2) is 4.79 Å². The van der Waals surface area contributed by atoms with Crippen molar-refractivity contribution in [1.29, 1.82) is 0 Å². The van der Waals surface area contributed by atoms with E-state index >= 15 is 0 Å². The van der Waals surface area contributed by atoms with Crippen molar-refractivity contribution in [3.63, 3.8) is 0 Å². The van der Waals surface area contributed by atoms with Gasteiger partial charge in [-0.1, -0.05) is 0 Å². The lowest BCUT2D eigenvalue weighted by molar-refractivity contribution is 0.0701. The highest BCUT2D eigenvalue weighted by molar-refractivity contribution is 7.12. The summed E-state index contributed by atoms with van der Waals surface area (Å²) in [5.74, 6) is 0.380. The molecule has 0 fully saturated rings. The highest BCUT2D eigenvalue weighted by Crippen LogP contribution is 2.30. The Labute approximate surface area is 120 Å². The van der Waals surface area contributed by atoms with Gasteiger partial charge in [0.25, 0.3) is 0 Å². The number of anilines is 1. The predicted molar refractivity (Wildman–Crippen MR) is 78.2 cm³/mol. The van der Waals surface area contributed by atoms with Crippen molar-refractivity contribution in [2.24, 2.45) is 0 Å². The summed E-state index contributed by atoms with van der Waals surface area (Å²) in [6.07, 6.45) is 0. The number of carboxylic acid groups (broad SMARTS) is 1. The first kappa shape index (κ1) is 14.2. The van der Waals surface area contributed by atoms with Gasteiger partial charge in [0, 0.05) is 18.3 Å². The molecule has 2 rings (SSSR count). The van der Waals surface area contributed by atoms with Crippen LogP contribution < -0.4 is 14.8 Å². The van der Waals surface area contributed by atoms with Gasteiger partial charge in [-0.2, -0.15) is 0 Å². The molecule has 1 aromatic carbocycles. The molecule has 0 aliphatic heterocycles. The van der Waals surface area contributed by atoms with Gasteiger partial charge in [-0.05, 0) is 29.1 Å². The molecule has 5 nitrogen and oxygen atoms in total. The highest BCUT2D eigenvalue weighted by Gasteiger charge is 2.11. The van der Waals surface area contributed by atoms with E-state index in [-0.39, 0.29) is 0 Å². The smallest absolute Gasteiger partial charge is 0.346 e. The first-order chi connectivity index (χ1) is 9.65. The number of thiophene rings is 1. The number of hydrogen-bond donors (Lipinski definition) is 2. The number of nitrogens with one attached hydrogen (secondary N) is 1. The fourth-order valence-electron chi connectivity index (χ4n) is 1.81. The van der Waals surface area contributed by atoms with Crippen LogP contribution in [-0.4, -0.2) is 25.3 Å². The molecular formula is C14H15NO4S. The van der Waals surface area contributed by atoms with Crippen molar-refractivity contribution in [1.82, 2.24) is 0 Å². The summed E-state index contributed by atoms with van der Waals surface area (Å²) in [6, 6.07) is 7.27. The van der Waals surface area contributed by atoms with Crippen molar-refractivity contribution >= 4 is 23.0 Å². The maximum atomic E-state index is 11.0. The standard InChI is InChI=1S/C14H15NO4S/c1-18-11-4-3-10(7-12(11)19-2)15-8-9-5-6-20-13(9)14(16)17/h3-7,15H,8H2,1-2H3,(H,16,17). The van der Waals surface area contributed by atoms with E-state index < -0.39 is 5.97 Å². The van der Waals surface area contributed by atoms with Crippen molar-refractivity contribution in [2.75, 3.05) is 19.5 Å². The van der Waals surface area contributed by atoms with E-state index in [2.05, 4.69) is 5.32 Å². The molecule has 1 heterocycles. The Morgan fingerprint density at radius 2 is 2.00 bits per heavy atom. The summed E-state index contributed by atoms with van der Waals surface area (Å²) < 4.78 is 10.4. The molecule has 0 aliphatic rings. The minimum absolute atomic E-state index is 0.359. The monoisotopic (exact) mass is 293 g/mol. The molecule has 20 heavy (non-hydrogen) atoms. The average molecular weight is 293 g/mol. The van der Waals surface area contributed by atoms with E-state index in [1.165, 1.54) is 11.3 Å². The van der Waals surface area contributed by atoms with Crippen LogP contribution in [0.2, 0.25) is 0 Å². The number of methoxy groups -OCH3 is 2. The second-order valence-electron chi connectivity index (χ2n) is 4.00. The molecule has 0 radical (unpaired) electrons. The van der Waals surface area contributed by atoms with Crippen molar-refractivity contribution < 1.29 is 19.4 Å². The average Bonchev–Trinajstić information content (AvgIpc) is 2.93. The van der Waals surface area contributed by atoms with Crippen LogP contribution in [0.4, 0.5) is 5.69 Å². The highest BCUT2D eigenvalue weighted by atomic mass is 32.1. The number of hydrogen-bond acceptors (Lipinski definition) is 5. The summed E-state index contributed by atoms with van der Waals surface area (Å²) in [4.78, 5) is 11.4. The molecule has 0 spiro atoms. The first-order valence-electron chi connectivity index (χ1n) is 5.91. The van der Waals surface area contributed by atoms with Crippen LogP contribution in [0.3, 0.4) is 0 Å². The van der Waals surface area contributed by atoms with Crippen LogP contribution in [0.15, 0.2) is 29.6 Å². The topological polar surface area (TPSA) is 67.8 Å². The van der Waals surface area contributed by atoms with Crippen molar-refractivity contribution in [3.05, 3.63) is 40.1 Å². The molecule has 0 amide bonds. The molecule has 0 unspecified atom stereocenters. The Balaban J connectivity index is 2.11. The summed E-state index contributed by atoms with van der Waals surface area (Å²) in [7, 11) is 3.15. The maximum Gasteiger partial charge on any atom is 0.346 e. The quantitative estimate of drug-likeness (QED) is 0.856. The Morgan fingerprint density at radius 3 is 2.65 bits per heavy atom. The van der Waals surface area contributed by atoms with Gasteiger partial charge in [0.05, 0.1) is 14.2 Å². The molecule has 106 valence electrons. The maximum absolute atomic E-state index is 11.0. The molecule has 0 atom stereocenters. The SMILES string of the molecule is COc1ccc(NCc2ccsc2C(=O)O)cc1OC. The minimum Gasteiger partial charge on any atom is -0.493 e. The molecule has 2 aromatic rings. The Morgan fingerprint density at radius 1 is 1.25 bits per heavy atom. The fourth-order valence-corrected chi connectivity index (χ4v) is 2.57. The van der Waals surface area contributed by atoms with E-state index in [4.69, 9.17) is 14.6 Å². The Bertz CT molecular complexity index is 609. The molecule has 2 N–H and O–H groups in total. The third-order valence-electron chi connectivity index (χ3n) is 2.81. The second kappa shape index (κ2) is 6.29. The molecule has 6 heteroatoms. The number of benzene rings is 1. The normalized spacial score (nSPS) is 10.1. The summed E-state index contributed by atoms with van der Waals surface area (Å²) in [5.41, 5.74) is 1.60. The van der Waals surface area contributed by atoms with E-state index in [1.807, 2.05) is 18.2 Å². The first-order valence-corrected chi connectivity index (χ1v) is 6.79. The van der Waals surface area contributed by atoms with Gasteiger partial charge >= 0.3 is 5.97 Å². The lowest BCUT2D eigenvalue weighted by atomic mass is 10.2. The zero-order valence-electron chi connectivity index (χ0n) is 11.2. The summed E-state index contributed by atoms with van der Waals surface area (Å²) in [6.45, 7) is 0.445. The zero-order chi connectivity index (χ0) is 14.5. The minimum atomic E-state index is -0.899. The van der Waals surface area contributed by atoms with Crippen LogP contribution >= 0.6 is 11.3 Å². The predicted octanol–water partition coefficient (Wildman–Crippen LogP) is 3.08. The van der Waals surface area contributed by atoms with Gasteiger partial charge in [0.15, 0.2) is 11.5 Å². The number of ether oxygens (including phenoxy) is 2. The molecular weight excluding hydrogens is 278 g/mol. The third-order valence-corrected chi connectivity index (χ3v) is 3.75. The second-order valence-corrected chi connectivity index (χ2v) is 4.92. The largest absolute Gasteiger partial charge is 0.493 e. The lowest BCUT2D eigenvalue weighted by Gasteiger charge is -2.11. The van der Waals surface area contributed by atoms with Crippen LogP contribution in [-0.2, 0) is 6.54 Å². The van der Waals surface area contributed by atoms with Crippen LogP contribution in [0.1, 0.15) is 15.2 Å². The third kappa shape index (κ3) is 3.03. The van der Waals surface area contributed by atoms with Gasteiger partial charge in [0.1, 0.15) is 4.88 Å². The van der Waals surface area contributed by atoms with E-state index in [0.717, 1.165) is 11.3 Å². The molecule has 1 aromatic heterocycles. The van der Waals surface area contributed by atoms with E-state index in [0.29, 0.717) is 22.9 Å². The summed E-state index contributed by atoms with van der Waals surface area (Å²) in [5, 5.41) is 14.0. The van der Waals surface area contributed by atoms with Crippen molar-refractivity contribution in [2.45, 2.75) is 6.54 Å². The number of carbonyl (C=O) groups is 1. The fraction of sp³-hybridized carbons (Fsp3) is 0.214. The number of rotatable bonds is 6. The molecule has 0 aliphatic carbocycles. The molecule has 0 bridgehead atoms. The van der Waals surface area contributed by atoms with Crippen LogP contribution in [0.25, 0.3) is 0 Å². The van der Waals surface area contributed by atoms with Gasteiger partial charge in [0.2, 0.25) is 0 Å². The lowest BCUT2D eigenvalue weighted by Crippen LogP contribution is -2.04. The van der Waals surface area contributed by atoms with Gasteiger partial charge in [-0.15, -0.1) is 11.3 Å². The van der Waals surface area contributed by atoms with Crippen molar-refractivity contribution in [3.8, 4) is 11.5 Å². The Hall–Kier alpha value is -2.21. The van der Waals surface area contributed by atoms with Gasteiger partial charge in [-0.3, -0.25) is 0 Å². The van der Waals surface area contributed by atoms with Gasteiger partial charge < -0.3 is 19.9 Å². The number of carboxylic acids is 1.